The summed E-state index contributed by atoms with van der Waals surface area (Å²) in [4.78, 5) is 0. The Hall–Kier alpha value is -0.820. The summed E-state index contributed by atoms with van der Waals surface area (Å²) < 4.78 is 0. The van der Waals surface area contributed by atoms with Crippen molar-refractivity contribution in [3.05, 3.63) is 34.9 Å². The highest BCUT2D eigenvalue weighted by Gasteiger charge is 2.28. The standard InChI is InChI=1S/C15H22O/c1-10(2)13-7-5-12(9-16)14-6-4-11(3)8-15(13)14/h4,6,8,10,12-13,16H,5,7,9H2,1-3H3. The Balaban J connectivity index is 2.44. The van der Waals surface area contributed by atoms with E-state index in [1.165, 1.54) is 23.1 Å². The zero-order chi connectivity index (χ0) is 11.7. The molecule has 0 amide bonds. The first-order valence-electron chi connectivity index (χ1n) is 6.34. The van der Waals surface area contributed by atoms with Crippen molar-refractivity contribution in [2.45, 2.75) is 45.4 Å². The minimum absolute atomic E-state index is 0.293. The van der Waals surface area contributed by atoms with Crippen LogP contribution >= 0.6 is 0 Å². The van der Waals surface area contributed by atoms with Gasteiger partial charge in [0.1, 0.15) is 0 Å². The molecule has 0 spiro atoms. The van der Waals surface area contributed by atoms with E-state index in [4.69, 9.17) is 0 Å². The van der Waals surface area contributed by atoms with Gasteiger partial charge < -0.3 is 5.11 Å². The summed E-state index contributed by atoms with van der Waals surface area (Å²) >= 11 is 0. The summed E-state index contributed by atoms with van der Waals surface area (Å²) in [5.74, 6) is 1.74. The maximum Gasteiger partial charge on any atom is 0.0499 e. The molecule has 2 unspecified atom stereocenters. The normalized spacial score (nSPS) is 24.6. The van der Waals surface area contributed by atoms with Crippen molar-refractivity contribution in [3.63, 3.8) is 0 Å². The summed E-state index contributed by atoms with van der Waals surface area (Å²) in [5, 5.41) is 9.43. The maximum absolute atomic E-state index is 9.43. The van der Waals surface area contributed by atoms with Gasteiger partial charge in [0.05, 0.1) is 0 Å². The van der Waals surface area contributed by atoms with Crippen LogP contribution in [0.15, 0.2) is 18.2 Å². The van der Waals surface area contributed by atoms with E-state index >= 15 is 0 Å². The molecule has 0 aliphatic heterocycles. The van der Waals surface area contributed by atoms with Gasteiger partial charge in [0.25, 0.3) is 0 Å². The fourth-order valence-corrected chi connectivity index (χ4v) is 2.96. The third kappa shape index (κ3) is 2.01. The molecule has 0 heterocycles. The van der Waals surface area contributed by atoms with E-state index in [-0.39, 0.29) is 0 Å². The second-order valence-electron chi connectivity index (χ2n) is 5.44. The van der Waals surface area contributed by atoms with Crippen LogP contribution in [0.4, 0.5) is 0 Å². The van der Waals surface area contributed by atoms with Crippen molar-refractivity contribution >= 4 is 0 Å². The van der Waals surface area contributed by atoms with Crippen molar-refractivity contribution in [2.75, 3.05) is 6.61 Å². The Bertz CT molecular complexity index is 368. The first kappa shape index (κ1) is 11.7. The average Bonchev–Trinajstić information content (AvgIpc) is 2.26. The van der Waals surface area contributed by atoms with Crippen molar-refractivity contribution < 1.29 is 5.11 Å². The highest BCUT2D eigenvalue weighted by Crippen LogP contribution is 2.42. The monoisotopic (exact) mass is 218 g/mol. The van der Waals surface area contributed by atoms with Crippen molar-refractivity contribution in [3.8, 4) is 0 Å². The number of aliphatic hydroxyl groups excluding tert-OH is 1. The van der Waals surface area contributed by atoms with Crippen LogP contribution < -0.4 is 0 Å². The molecular weight excluding hydrogens is 196 g/mol. The van der Waals surface area contributed by atoms with Gasteiger partial charge in [0.15, 0.2) is 0 Å². The highest BCUT2D eigenvalue weighted by molar-refractivity contribution is 5.39. The molecule has 1 aliphatic carbocycles. The van der Waals surface area contributed by atoms with Crippen LogP contribution in [0.5, 0.6) is 0 Å². The third-order valence-corrected chi connectivity index (χ3v) is 3.93. The Morgan fingerprint density at radius 3 is 2.62 bits per heavy atom. The lowest BCUT2D eigenvalue weighted by Gasteiger charge is -2.33. The fourth-order valence-electron chi connectivity index (χ4n) is 2.96. The fraction of sp³-hybridized carbons (Fsp3) is 0.600. The zero-order valence-corrected chi connectivity index (χ0v) is 10.5. The highest BCUT2D eigenvalue weighted by atomic mass is 16.3. The Labute approximate surface area is 98.5 Å². The Morgan fingerprint density at radius 1 is 1.25 bits per heavy atom. The van der Waals surface area contributed by atoms with Crippen LogP contribution in [0.25, 0.3) is 0 Å². The van der Waals surface area contributed by atoms with Gasteiger partial charge in [0, 0.05) is 12.5 Å². The van der Waals surface area contributed by atoms with Gasteiger partial charge in [-0.05, 0) is 42.7 Å². The van der Waals surface area contributed by atoms with Crippen LogP contribution in [-0.4, -0.2) is 11.7 Å². The summed E-state index contributed by atoms with van der Waals surface area (Å²) in [7, 11) is 0. The second kappa shape index (κ2) is 4.58. The first-order valence-corrected chi connectivity index (χ1v) is 6.34. The largest absolute Gasteiger partial charge is 0.396 e. The molecule has 88 valence electrons. The molecule has 0 aromatic heterocycles. The molecular formula is C15H22O. The Kier molecular flexibility index (Phi) is 3.34. The SMILES string of the molecule is Cc1ccc2c(c1)C(C(C)C)CCC2CO. The van der Waals surface area contributed by atoms with Crippen molar-refractivity contribution in [1.29, 1.82) is 0 Å². The minimum atomic E-state index is 0.293. The molecule has 1 heteroatoms. The lowest BCUT2D eigenvalue weighted by atomic mass is 9.72. The average molecular weight is 218 g/mol. The summed E-state index contributed by atoms with van der Waals surface area (Å²) in [5.41, 5.74) is 4.21. The number of aryl methyl sites for hydroxylation is 1. The first-order chi connectivity index (χ1) is 7.63. The Morgan fingerprint density at radius 2 is 2.00 bits per heavy atom. The van der Waals surface area contributed by atoms with Gasteiger partial charge in [-0.25, -0.2) is 0 Å². The number of benzene rings is 1. The molecule has 1 aromatic rings. The molecule has 0 fully saturated rings. The van der Waals surface area contributed by atoms with Gasteiger partial charge in [-0.3, -0.25) is 0 Å². The van der Waals surface area contributed by atoms with E-state index in [0.717, 1.165) is 6.42 Å². The van der Waals surface area contributed by atoms with Crippen molar-refractivity contribution in [1.82, 2.24) is 0 Å². The number of rotatable bonds is 2. The predicted molar refractivity (Wildman–Crippen MR) is 67.8 cm³/mol. The lowest BCUT2D eigenvalue weighted by Crippen LogP contribution is -2.20. The molecule has 1 aromatic carbocycles. The molecule has 1 aliphatic rings. The molecule has 2 atom stereocenters. The molecule has 0 saturated carbocycles. The van der Waals surface area contributed by atoms with Gasteiger partial charge in [-0.1, -0.05) is 37.6 Å². The summed E-state index contributed by atoms with van der Waals surface area (Å²) in [6.45, 7) is 7.05. The molecule has 1 nitrogen and oxygen atoms in total. The molecule has 2 rings (SSSR count). The number of aliphatic hydroxyl groups is 1. The molecule has 0 bridgehead atoms. The number of hydrogen-bond acceptors (Lipinski definition) is 1. The van der Waals surface area contributed by atoms with E-state index in [1.54, 1.807) is 0 Å². The van der Waals surface area contributed by atoms with E-state index in [9.17, 15) is 5.11 Å². The van der Waals surface area contributed by atoms with Crippen LogP contribution in [0.3, 0.4) is 0 Å². The lowest BCUT2D eigenvalue weighted by molar-refractivity contribution is 0.243. The van der Waals surface area contributed by atoms with Gasteiger partial charge >= 0.3 is 0 Å². The van der Waals surface area contributed by atoms with Crippen LogP contribution in [0.1, 0.15) is 55.2 Å². The smallest absolute Gasteiger partial charge is 0.0499 e. The van der Waals surface area contributed by atoms with E-state index in [2.05, 4.69) is 39.0 Å². The van der Waals surface area contributed by atoms with Crippen LogP contribution in [0.2, 0.25) is 0 Å². The van der Waals surface area contributed by atoms with E-state index < -0.39 is 0 Å². The van der Waals surface area contributed by atoms with Crippen molar-refractivity contribution in [2.24, 2.45) is 5.92 Å². The topological polar surface area (TPSA) is 20.2 Å². The minimum Gasteiger partial charge on any atom is -0.396 e. The van der Waals surface area contributed by atoms with Crippen LogP contribution in [-0.2, 0) is 0 Å². The van der Waals surface area contributed by atoms with Crippen LogP contribution in [0, 0.1) is 12.8 Å². The molecule has 16 heavy (non-hydrogen) atoms. The van der Waals surface area contributed by atoms with Gasteiger partial charge in [-0.15, -0.1) is 0 Å². The number of fused-ring (bicyclic) bond motifs is 1. The second-order valence-corrected chi connectivity index (χ2v) is 5.44. The van der Waals surface area contributed by atoms with Gasteiger partial charge in [-0.2, -0.15) is 0 Å². The summed E-state index contributed by atoms with van der Waals surface area (Å²) in [6.07, 6.45) is 2.36. The zero-order valence-electron chi connectivity index (χ0n) is 10.5. The number of hydrogen-bond donors (Lipinski definition) is 1. The molecule has 0 saturated heterocycles. The van der Waals surface area contributed by atoms with E-state index in [1.807, 2.05) is 0 Å². The van der Waals surface area contributed by atoms with E-state index in [0.29, 0.717) is 24.4 Å². The predicted octanol–water partition coefficient (Wildman–Crippen LogP) is 3.60. The summed E-state index contributed by atoms with van der Waals surface area (Å²) in [6, 6.07) is 6.71. The quantitative estimate of drug-likeness (QED) is 0.804. The molecule has 0 radical (unpaired) electrons. The van der Waals surface area contributed by atoms with Gasteiger partial charge in [0.2, 0.25) is 0 Å². The maximum atomic E-state index is 9.43. The third-order valence-electron chi connectivity index (χ3n) is 3.93. The molecule has 1 N–H and O–H groups in total.